The number of β-amino-alcohol motifs (C(OH)–C–C–N with tert-alkyl or cyclic N) is 1. The lowest BCUT2D eigenvalue weighted by molar-refractivity contribution is -0.148. The standard InChI is InChI=1S/C15H19NO5/c1-21-12-5-2-10(3-6-12)4-7-14(18)16-9-11(17)8-13(16)15(19)20/h2-3,5-6,11,13,17H,4,7-9H2,1H3,(H,19,20)/t11-,13-/m0/s1. The molecule has 0 spiro atoms. The summed E-state index contributed by atoms with van der Waals surface area (Å²) >= 11 is 0. The third-order valence-corrected chi connectivity index (χ3v) is 3.67. The summed E-state index contributed by atoms with van der Waals surface area (Å²) in [5, 5.41) is 18.6. The van der Waals surface area contributed by atoms with Crippen LogP contribution in [0, 0.1) is 0 Å². The van der Waals surface area contributed by atoms with Crippen LogP contribution < -0.4 is 4.74 Å². The number of benzene rings is 1. The van der Waals surface area contributed by atoms with Gasteiger partial charge in [0, 0.05) is 19.4 Å². The Hall–Kier alpha value is -2.08. The summed E-state index contributed by atoms with van der Waals surface area (Å²) in [7, 11) is 1.59. The first-order valence-corrected chi connectivity index (χ1v) is 6.84. The van der Waals surface area contributed by atoms with Crippen molar-refractivity contribution in [1.29, 1.82) is 0 Å². The maximum Gasteiger partial charge on any atom is 0.326 e. The van der Waals surface area contributed by atoms with Crippen molar-refractivity contribution in [2.75, 3.05) is 13.7 Å². The fourth-order valence-electron chi connectivity index (χ4n) is 2.51. The molecular formula is C15H19NO5. The predicted octanol–water partition coefficient (Wildman–Crippen LogP) is 0.674. The van der Waals surface area contributed by atoms with Crippen molar-refractivity contribution in [3.8, 4) is 5.75 Å². The number of carboxylic acids is 1. The molecule has 1 aromatic carbocycles. The first-order chi connectivity index (χ1) is 10.0. The van der Waals surface area contributed by atoms with Crippen molar-refractivity contribution in [1.82, 2.24) is 4.90 Å². The van der Waals surface area contributed by atoms with E-state index in [9.17, 15) is 14.7 Å². The Bertz CT molecular complexity index is 513. The van der Waals surface area contributed by atoms with Gasteiger partial charge in [0.1, 0.15) is 11.8 Å². The number of hydrogen-bond donors (Lipinski definition) is 2. The quantitative estimate of drug-likeness (QED) is 0.833. The van der Waals surface area contributed by atoms with Gasteiger partial charge in [0.25, 0.3) is 0 Å². The van der Waals surface area contributed by atoms with Crippen LogP contribution in [-0.2, 0) is 16.0 Å². The summed E-state index contributed by atoms with van der Waals surface area (Å²) in [5.41, 5.74) is 0.982. The minimum Gasteiger partial charge on any atom is -0.497 e. The molecule has 1 aliphatic rings. The highest BCUT2D eigenvalue weighted by Gasteiger charge is 2.38. The van der Waals surface area contributed by atoms with Gasteiger partial charge in [0.2, 0.25) is 5.91 Å². The molecule has 1 aliphatic heterocycles. The van der Waals surface area contributed by atoms with Crippen molar-refractivity contribution in [2.24, 2.45) is 0 Å². The molecule has 0 unspecified atom stereocenters. The molecule has 2 N–H and O–H groups in total. The molecule has 0 bridgehead atoms. The van der Waals surface area contributed by atoms with Gasteiger partial charge in [-0.3, -0.25) is 4.79 Å². The van der Waals surface area contributed by atoms with Crippen molar-refractivity contribution in [2.45, 2.75) is 31.4 Å². The molecule has 2 atom stereocenters. The summed E-state index contributed by atoms with van der Waals surface area (Å²) in [6.45, 7) is 0.0956. The Balaban J connectivity index is 1.92. The Kier molecular flexibility index (Phi) is 4.80. The highest BCUT2D eigenvalue weighted by atomic mass is 16.5. The number of likely N-dealkylation sites (tertiary alicyclic amines) is 1. The van der Waals surface area contributed by atoms with Crippen LogP contribution in [0.25, 0.3) is 0 Å². The van der Waals surface area contributed by atoms with E-state index in [1.165, 1.54) is 4.90 Å². The van der Waals surface area contributed by atoms with Crippen LogP contribution in [0.15, 0.2) is 24.3 Å². The average molecular weight is 293 g/mol. The monoisotopic (exact) mass is 293 g/mol. The van der Waals surface area contributed by atoms with Gasteiger partial charge < -0.3 is 19.8 Å². The number of methoxy groups -OCH3 is 1. The smallest absolute Gasteiger partial charge is 0.326 e. The molecule has 2 rings (SSSR count). The van der Waals surface area contributed by atoms with Crippen LogP contribution >= 0.6 is 0 Å². The normalized spacial score (nSPS) is 21.3. The number of hydrogen-bond acceptors (Lipinski definition) is 4. The zero-order valence-electron chi connectivity index (χ0n) is 11.9. The minimum atomic E-state index is -1.07. The fourth-order valence-corrected chi connectivity index (χ4v) is 2.51. The highest BCUT2D eigenvalue weighted by molar-refractivity contribution is 5.84. The molecule has 114 valence electrons. The number of aliphatic carboxylic acids is 1. The van der Waals surface area contributed by atoms with E-state index in [2.05, 4.69) is 0 Å². The molecule has 6 nitrogen and oxygen atoms in total. The molecule has 1 saturated heterocycles. The maximum atomic E-state index is 12.1. The highest BCUT2D eigenvalue weighted by Crippen LogP contribution is 2.20. The van der Waals surface area contributed by atoms with Gasteiger partial charge in [-0.15, -0.1) is 0 Å². The van der Waals surface area contributed by atoms with E-state index in [-0.39, 0.29) is 25.3 Å². The number of aryl methyl sites for hydroxylation is 1. The molecule has 21 heavy (non-hydrogen) atoms. The van der Waals surface area contributed by atoms with Crippen molar-refractivity contribution in [3.63, 3.8) is 0 Å². The largest absolute Gasteiger partial charge is 0.497 e. The molecule has 0 aliphatic carbocycles. The van der Waals surface area contributed by atoms with Crippen LogP contribution in [0.3, 0.4) is 0 Å². The van der Waals surface area contributed by atoms with Crippen LogP contribution in [0.2, 0.25) is 0 Å². The summed E-state index contributed by atoms with van der Waals surface area (Å²) in [6, 6.07) is 6.47. The lowest BCUT2D eigenvalue weighted by atomic mass is 10.1. The second kappa shape index (κ2) is 6.58. The van der Waals surface area contributed by atoms with Crippen LogP contribution in [0.5, 0.6) is 5.75 Å². The van der Waals surface area contributed by atoms with Gasteiger partial charge in [-0.05, 0) is 24.1 Å². The number of carbonyl (C=O) groups is 2. The third kappa shape index (κ3) is 3.72. The topological polar surface area (TPSA) is 87.1 Å². The SMILES string of the molecule is COc1ccc(CCC(=O)N2C[C@@H](O)C[C@H]2C(=O)O)cc1. The van der Waals surface area contributed by atoms with Crippen LogP contribution in [0.1, 0.15) is 18.4 Å². The minimum absolute atomic E-state index is 0.0956. The van der Waals surface area contributed by atoms with E-state index in [1.54, 1.807) is 7.11 Å². The van der Waals surface area contributed by atoms with Gasteiger partial charge in [-0.1, -0.05) is 12.1 Å². The Morgan fingerprint density at radius 2 is 2.00 bits per heavy atom. The number of aliphatic hydroxyl groups excluding tert-OH is 1. The first-order valence-electron chi connectivity index (χ1n) is 6.84. The molecule has 6 heteroatoms. The number of carbonyl (C=O) groups excluding carboxylic acids is 1. The number of rotatable bonds is 5. The van der Waals surface area contributed by atoms with Gasteiger partial charge in [0.15, 0.2) is 0 Å². The van der Waals surface area contributed by atoms with E-state index >= 15 is 0 Å². The lowest BCUT2D eigenvalue weighted by Crippen LogP contribution is -2.40. The fraction of sp³-hybridized carbons (Fsp3) is 0.467. The molecule has 1 amide bonds. The van der Waals surface area contributed by atoms with Gasteiger partial charge in [-0.2, -0.15) is 0 Å². The van der Waals surface area contributed by atoms with Crippen molar-refractivity contribution in [3.05, 3.63) is 29.8 Å². The number of aliphatic hydroxyl groups is 1. The van der Waals surface area contributed by atoms with Crippen molar-refractivity contribution < 1.29 is 24.5 Å². The van der Waals surface area contributed by atoms with E-state index in [0.29, 0.717) is 6.42 Å². The first kappa shape index (κ1) is 15.3. The van der Waals surface area contributed by atoms with Gasteiger partial charge >= 0.3 is 5.97 Å². The number of nitrogens with zero attached hydrogens (tertiary/aromatic N) is 1. The van der Waals surface area contributed by atoms with E-state index in [4.69, 9.17) is 9.84 Å². The Morgan fingerprint density at radius 3 is 2.57 bits per heavy atom. The summed E-state index contributed by atoms with van der Waals surface area (Å²) < 4.78 is 5.06. The van der Waals surface area contributed by atoms with Crippen molar-refractivity contribution >= 4 is 11.9 Å². The molecule has 0 radical (unpaired) electrons. The Morgan fingerprint density at radius 1 is 1.33 bits per heavy atom. The molecule has 0 saturated carbocycles. The number of ether oxygens (including phenoxy) is 1. The molecule has 0 aromatic heterocycles. The van der Waals surface area contributed by atoms with Crippen LogP contribution in [-0.4, -0.2) is 52.8 Å². The summed E-state index contributed by atoms with van der Waals surface area (Å²) in [4.78, 5) is 24.5. The average Bonchev–Trinajstić information content (AvgIpc) is 2.87. The van der Waals surface area contributed by atoms with Gasteiger partial charge in [-0.25, -0.2) is 4.79 Å². The second-order valence-corrected chi connectivity index (χ2v) is 5.14. The predicted molar refractivity (Wildman–Crippen MR) is 75.1 cm³/mol. The molecule has 1 heterocycles. The zero-order valence-corrected chi connectivity index (χ0v) is 11.9. The Labute approximate surface area is 122 Å². The van der Waals surface area contributed by atoms with E-state index in [0.717, 1.165) is 11.3 Å². The van der Waals surface area contributed by atoms with E-state index in [1.807, 2.05) is 24.3 Å². The third-order valence-electron chi connectivity index (χ3n) is 3.67. The summed E-state index contributed by atoms with van der Waals surface area (Å²) in [6.07, 6.45) is 0.102. The maximum absolute atomic E-state index is 12.1. The number of carboxylic acid groups (broad SMARTS) is 1. The van der Waals surface area contributed by atoms with Gasteiger partial charge in [0.05, 0.1) is 13.2 Å². The summed E-state index contributed by atoms with van der Waals surface area (Å²) in [5.74, 6) is -0.558. The lowest BCUT2D eigenvalue weighted by Gasteiger charge is -2.21. The van der Waals surface area contributed by atoms with E-state index < -0.39 is 18.1 Å². The van der Waals surface area contributed by atoms with Crippen LogP contribution in [0.4, 0.5) is 0 Å². The molecule has 1 aromatic rings. The molecular weight excluding hydrogens is 274 g/mol. The molecule has 1 fully saturated rings. The number of amides is 1. The second-order valence-electron chi connectivity index (χ2n) is 5.14. The zero-order chi connectivity index (χ0) is 15.4.